The number of carbonyl (C=O) groups excluding carboxylic acids is 1. The Morgan fingerprint density at radius 2 is 1.69 bits per heavy atom. The van der Waals surface area contributed by atoms with Crippen molar-refractivity contribution in [2.45, 2.75) is 13.1 Å². The summed E-state index contributed by atoms with van der Waals surface area (Å²) < 4.78 is 0. The molecule has 5 nitrogen and oxygen atoms in total. The lowest BCUT2D eigenvalue weighted by Crippen LogP contribution is -2.27. The topological polar surface area (TPSA) is 58.1 Å². The fourth-order valence-electron chi connectivity index (χ4n) is 2.46. The highest BCUT2D eigenvalue weighted by Gasteiger charge is 2.14. The average Bonchev–Trinajstić information content (AvgIpc) is 2.68. The first-order chi connectivity index (χ1) is 12.6. The third-order valence-electron chi connectivity index (χ3n) is 3.88. The summed E-state index contributed by atoms with van der Waals surface area (Å²) in [4.78, 5) is 14.1. The predicted molar refractivity (Wildman–Crippen MR) is 103 cm³/mol. The molecule has 3 aromatic rings. The van der Waals surface area contributed by atoms with Crippen molar-refractivity contribution in [2.24, 2.45) is 0 Å². The van der Waals surface area contributed by atoms with Crippen molar-refractivity contribution >= 4 is 23.3 Å². The number of hydrogen-bond acceptors (Lipinski definition) is 4. The molecule has 0 unspecified atom stereocenters. The van der Waals surface area contributed by atoms with Gasteiger partial charge in [0.1, 0.15) is 5.82 Å². The van der Waals surface area contributed by atoms with Gasteiger partial charge in [-0.15, -0.1) is 10.2 Å². The molecule has 6 heteroatoms. The minimum absolute atomic E-state index is 0.161. The molecule has 0 bridgehead atoms. The fourth-order valence-corrected chi connectivity index (χ4v) is 2.59. The summed E-state index contributed by atoms with van der Waals surface area (Å²) in [6, 6.07) is 20.8. The monoisotopic (exact) mass is 366 g/mol. The quantitative estimate of drug-likeness (QED) is 0.716. The van der Waals surface area contributed by atoms with Crippen LogP contribution in [0.25, 0.3) is 0 Å². The first-order valence-corrected chi connectivity index (χ1v) is 8.61. The molecule has 0 saturated heterocycles. The average molecular weight is 367 g/mol. The van der Waals surface area contributed by atoms with Gasteiger partial charge in [-0.3, -0.25) is 4.79 Å². The minimum atomic E-state index is -0.161. The molecule has 0 fully saturated rings. The SMILES string of the molecule is CN(Cc1ccccc1)C(=O)c1ccc(NCc2ccc(Cl)cc2)nn1. The number of rotatable bonds is 6. The van der Waals surface area contributed by atoms with Crippen LogP contribution in [0.15, 0.2) is 66.7 Å². The van der Waals surface area contributed by atoms with Gasteiger partial charge in [0.2, 0.25) is 0 Å². The van der Waals surface area contributed by atoms with Crippen molar-refractivity contribution in [1.29, 1.82) is 0 Å². The van der Waals surface area contributed by atoms with Gasteiger partial charge in [-0.1, -0.05) is 54.1 Å². The Labute approximate surface area is 157 Å². The number of carbonyl (C=O) groups is 1. The molecular formula is C20H19ClN4O. The third-order valence-corrected chi connectivity index (χ3v) is 4.13. The smallest absolute Gasteiger partial charge is 0.274 e. The first-order valence-electron chi connectivity index (χ1n) is 8.23. The van der Waals surface area contributed by atoms with Crippen LogP contribution in [0.1, 0.15) is 21.6 Å². The molecule has 0 saturated carbocycles. The van der Waals surface area contributed by atoms with E-state index in [1.807, 2.05) is 54.6 Å². The Morgan fingerprint density at radius 3 is 2.35 bits per heavy atom. The van der Waals surface area contributed by atoms with E-state index in [4.69, 9.17) is 11.6 Å². The van der Waals surface area contributed by atoms with Gasteiger partial charge in [-0.05, 0) is 35.4 Å². The minimum Gasteiger partial charge on any atom is -0.365 e. The molecule has 0 spiro atoms. The van der Waals surface area contributed by atoms with E-state index in [-0.39, 0.29) is 5.91 Å². The number of amides is 1. The Bertz CT molecular complexity index is 851. The number of aromatic nitrogens is 2. The van der Waals surface area contributed by atoms with Crippen molar-refractivity contribution in [2.75, 3.05) is 12.4 Å². The zero-order chi connectivity index (χ0) is 18.4. The van der Waals surface area contributed by atoms with E-state index in [9.17, 15) is 4.79 Å². The van der Waals surface area contributed by atoms with E-state index in [1.165, 1.54) is 0 Å². The van der Waals surface area contributed by atoms with Crippen LogP contribution in [0.5, 0.6) is 0 Å². The number of benzene rings is 2. The molecule has 1 heterocycles. The molecule has 0 atom stereocenters. The molecule has 132 valence electrons. The van der Waals surface area contributed by atoms with Crippen LogP contribution >= 0.6 is 11.6 Å². The number of hydrogen-bond donors (Lipinski definition) is 1. The third kappa shape index (κ3) is 4.80. The summed E-state index contributed by atoms with van der Waals surface area (Å²) in [5, 5.41) is 12.0. The Morgan fingerprint density at radius 1 is 0.962 bits per heavy atom. The zero-order valence-electron chi connectivity index (χ0n) is 14.4. The number of nitrogens with one attached hydrogen (secondary N) is 1. The summed E-state index contributed by atoms with van der Waals surface area (Å²) in [6.45, 7) is 1.13. The van der Waals surface area contributed by atoms with Gasteiger partial charge in [-0.2, -0.15) is 0 Å². The molecule has 26 heavy (non-hydrogen) atoms. The highest BCUT2D eigenvalue weighted by atomic mass is 35.5. The molecule has 1 amide bonds. The van der Waals surface area contributed by atoms with Gasteiger partial charge < -0.3 is 10.2 Å². The second kappa shape index (κ2) is 8.45. The molecule has 0 aliphatic rings. The summed E-state index contributed by atoms with van der Waals surface area (Å²) in [6.07, 6.45) is 0. The highest BCUT2D eigenvalue weighted by Crippen LogP contribution is 2.12. The summed E-state index contributed by atoms with van der Waals surface area (Å²) in [5.41, 5.74) is 2.47. The van der Waals surface area contributed by atoms with Crippen LogP contribution in [-0.2, 0) is 13.1 Å². The maximum atomic E-state index is 12.5. The molecule has 1 N–H and O–H groups in total. The normalized spacial score (nSPS) is 10.4. The van der Waals surface area contributed by atoms with E-state index < -0.39 is 0 Å². The van der Waals surface area contributed by atoms with E-state index in [0.29, 0.717) is 29.6 Å². The van der Waals surface area contributed by atoms with E-state index >= 15 is 0 Å². The number of halogens is 1. The Kier molecular flexibility index (Phi) is 5.81. The van der Waals surface area contributed by atoms with Crippen LogP contribution < -0.4 is 5.32 Å². The van der Waals surface area contributed by atoms with Gasteiger partial charge >= 0.3 is 0 Å². The summed E-state index contributed by atoms with van der Waals surface area (Å²) >= 11 is 5.87. The molecule has 0 aliphatic heterocycles. The van der Waals surface area contributed by atoms with Gasteiger partial charge in [0.05, 0.1) is 0 Å². The maximum absolute atomic E-state index is 12.5. The lowest BCUT2D eigenvalue weighted by atomic mass is 10.2. The highest BCUT2D eigenvalue weighted by molar-refractivity contribution is 6.30. The van der Waals surface area contributed by atoms with Crippen LogP contribution in [0.4, 0.5) is 5.82 Å². The molecule has 0 radical (unpaired) electrons. The van der Waals surface area contributed by atoms with Crippen molar-refractivity contribution in [1.82, 2.24) is 15.1 Å². The second-order valence-electron chi connectivity index (χ2n) is 5.93. The first kappa shape index (κ1) is 17.9. The van der Waals surface area contributed by atoms with Crippen LogP contribution in [0.3, 0.4) is 0 Å². The van der Waals surface area contributed by atoms with Gasteiger partial charge in [-0.25, -0.2) is 0 Å². The van der Waals surface area contributed by atoms with Crippen molar-refractivity contribution in [3.05, 3.63) is 88.6 Å². The standard InChI is InChI=1S/C20H19ClN4O/c1-25(14-16-5-3-2-4-6-16)20(26)18-11-12-19(24-23-18)22-13-15-7-9-17(21)10-8-15/h2-12H,13-14H2,1H3,(H,22,24). The summed E-state index contributed by atoms with van der Waals surface area (Å²) in [7, 11) is 1.75. The summed E-state index contributed by atoms with van der Waals surface area (Å²) in [5.74, 6) is 0.452. The molecule has 3 rings (SSSR count). The predicted octanol–water partition coefficient (Wildman–Crippen LogP) is 4.01. The fraction of sp³-hybridized carbons (Fsp3) is 0.150. The largest absolute Gasteiger partial charge is 0.365 e. The Balaban J connectivity index is 1.57. The van der Waals surface area contributed by atoms with Crippen molar-refractivity contribution < 1.29 is 4.79 Å². The van der Waals surface area contributed by atoms with E-state index in [0.717, 1.165) is 11.1 Å². The lowest BCUT2D eigenvalue weighted by molar-refractivity contribution is 0.0778. The van der Waals surface area contributed by atoms with Crippen molar-refractivity contribution in [3.63, 3.8) is 0 Å². The zero-order valence-corrected chi connectivity index (χ0v) is 15.1. The van der Waals surface area contributed by atoms with Crippen molar-refractivity contribution in [3.8, 4) is 0 Å². The van der Waals surface area contributed by atoms with Gasteiger partial charge in [0.15, 0.2) is 5.69 Å². The van der Waals surface area contributed by atoms with Crippen LogP contribution in [0, 0.1) is 0 Å². The van der Waals surface area contributed by atoms with Crippen LogP contribution in [0.2, 0.25) is 5.02 Å². The molecule has 0 aliphatic carbocycles. The van der Waals surface area contributed by atoms with Gasteiger partial charge in [0.25, 0.3) is 5.91 Å². The molecule has 2 aromatic carbocycles. The maximum Gasteiger partial charge on any atom is 0.274 e. The number of nitrogens with zero attached hydrogens (tertiary/aromatic N) is 3. The van der Waals surface area contributed by atoms with Gasteiger partial charge in [0, 0.05) is 25.2 Å². The van der Waals surface area contributed by atoms with E-state index in [1.54, 1.807) is 24.1 Å². The molecule has 1 aromatic heterocycles. The van der Waals surface area contributed by atoms with E-state index in [2.05, 4.69) is 15.5 Å². The second-order valence-corrected chi connectivity index (χ2v) is 6.37. The molecular weight excluding hydrogens is 348 g/mol. The Hall–Kier alpha value is -2.92. The number of anilines is 1. The lowest BCUT2D eigenvalue weighted by Gasteiger charge is -2.16. The van der Waals surface area contributed by atoms with Crippen LogP contribution in [-0.4, -0.2) is 28.1 Å².